The summed E-state index contributed by atoms with van der Waals surface area (Å²) < 4.78 is 28.3. The molecule has 1 atom stereocenters. The van der Waals surface area contributed by atoms with E-state index in [9.17, 15) is 8.78 Å². The van der Waals surface area contributed by atoms with Gasteiger partial charge >= 0.3 is 0 Å². The molecular weight excluding hydrogens is 246 g/mol. The van der Waals surface area contributed by atoms with Crippen molar-refractivity contribution in [2.24, 2.45) is 0 Å². The fourth-order valence-electron chi connectivity index (χ4n) is 2.58. The van der Waals surface area contributed by atoms with Crippen LogP contribution in [0.2, 0.25) is 0 Å². The first kappa shape index (κ1) is 14.3. The van der Waals surface area contributed by atoms with Gasteiger partial charge in [-0.05, 0) is 37.5 Å². The lowest BCUT2D eigenvalue weighted by Crippen LogP contribution is -2.28. The van der Waals surface area contributed by atoms with E-state index in [4.69, 9.17) is 0 Å². The van der Waals surface area contributed by atoms with Crippen molar-refractivity contribution in [3.05, 3.63) is 29.3 Å². The predicted octanol–water partition coefficient (Wildman–Crippen LogP) is 3.45. The predicted molar refractivity (Wildman–Crippen MR) is 74.4 cm³/mol. The standard InChI is InChI=1S/C15H22F2N2/c1-10(2)18-9-12-7-13(16)15(14(17)8-12)19-6-4-5-11(19)3/h7-8,10-11,18H,4-6,9H2,1-3H3. The Morgan fingerprint density at radius 2 is 1.95 bits per heavy atom. The highest BCUT2D eigenvalue weighted by atomic mass is 19.1. The lowest BCUT2D eigenvalue weighted by Gasteiger charge is -2.25. The zero-order chi connectivity index (χ0) is 14.0. The zero-order valence-corrected chi connectivity index (χ0v) is 11.8. The first-order valence-corrected chi connectivity index (χ1v) is 6.97. The van der Waals surface area contributed by atoms with Gasteiger partial charge in [0.1, 0.15) is 17.3 Å². The molecule has 1 fully saturated rings. The number of benzene rings is 1. The van der Waals surface area contributed by atoms with E-state index in [0.29, 0.717) is 18.2 Å². The van der Waals surface area contributed by atoms with Gasteiger partial charge in [-0.1, -0.05) is 13.8 Å². The molecule has 1 N–H and O–H groups in total. The molecule has 0 aliphatic carbocycles. The molecule has 1 aliphatic rings. The molecule has 1 unspecified atom stereocenters. The van der Waals surface area contributed by atoms with Gasteiger partial charge in [-0.15, -0.1) is 0 Å². The molecule has 0 spiro atoms. The average Bonchev–Trinajstić information content (AvgIpc) is 2.72. The van der Waals surface area contributed by atoms with Crippen LogP contribution in [0.25, 0.3) is 0 Å². The summed E-state index contributed by atoms with van der Waals surface area (Å²) in [6.45, 7) is 7.25. The van der Waals surface area contributed by atoms with E-state index in [1.165, 1.54) is 12.1 Å². The molecule has 1 aromatic carbocycles. The Hall–Kier alpha value is -1.16. The van der Waals surface area contributed by atoms with Crippen LogP contribution in [0.3, 0.4) is 0 Å². The van der Waals surface area contributed by atoms with Gasteiger partial charge in [0.2, 0.25) is 0 Å². The number of halogens is 2. The molecule has 19 heavy (non-hydrogen) atoms. The first-order valence-electron chi connectivity index (χ1n) is 6.97. The second-order valence-corrected chi connectivity index (χ2v) is 5.63. The van der Waals surface area contributed by atoms with Gasteiger partial charge in [0, 0.05) is 25.2 Å². The van der Waals surface area contributed by atoms with Crippen LogP contribution in [0, 0.1) is 11.6 Å². The van der Waals surface area contributed by atoms with Gasteiger partial charge in [-0.25, -0.2) is 8.78 Å². The average molecular weight is 268 g/mol. The fourth-order valence-corrected chi connectivity index (χ4v) is 2.58. The van der Waals surface area contributed by atoms with Gasteiger partial charge in [-0.2, -0.15) is 0 Å². The molecule has 106 valence electrons. The summed E-state index contributed by atoms with van der Waals surface area (Å²) in [5.41, 5.74) is 0.789. The molecule has 0 saturated carbocycles. The molecule has 4 heteroatoms. The van der Waals surface area contributed by atoms with Crippen LogP contribution in [0.1, 0.15) is 39.2 Å². The summed E-state index contributed by atoms with van der Waals surface area (Å²) in [6.07, 6.45) is 1.99. The topological polar surface area (TPSA) is 15.3 Å². The van der Waals surface area contributed by atoms with Crippen molar-refractivity contribution in [1.29, 1.82) is 0 Å². The van der Waals surface area contributed by atoms with Crippen LogP contribution in [0.5, 0.6) is 0 Å². The summed E-state index contributed by atoms with van der Waals surface area (Å²) in [5.74, 6) is -0.899. The Kier molecular flexibility index (Phi) is 4.40. The molecule has 1 saturated heterocycles. The number of anilines is 1. The first-order chi connectivity index (χ1) is 8.99. The molecule has 2 rings (SSSR count). The van der Waals surface area contributed by atoms with Crippen LogP contribution in [-0.2, 0) is 6.54 Å². The Morgan fingerprint density at radius 1 is 1.32 bits per heavy atom. The van der Waals surface area contributed by atoms with Crippen LogP contribution in [-0.4, -0.2) is 18.6 Å². The Bertz CT molecular complexity index is 423. The second-order valence-electron chi connectivity index (χ2n) is 5.63. The summed E-state index contributed by atoms with van der Waals surface area (Å²) in [5, 5.41) is 3.17. The van der Waals surface area contributed by atoms with E-state index in [-0.39, 0.29) is 11.7 Å². The number of rotatable bonds is 4. The van der Waals surface area contributed by atoms with Gasteiger partial charge < -0.3 is 10.2 Å². The highest BCUT2D eigenvalue weighted by molar-refractivity contribution is 5.52. The minimum absolute atomic E-state index is 0.137. The van der Waals surface area contributed by atoms with Crippen LogP contribution >= 0.6 is 0 Å². The van der Waals surface area contributed by atoms with E-state index in [2.05, 4.69) is 5.32 Å². The molecule has 2 nitrogen and oxygen atoms in total. The maximum absolute atomic E-state index is 14.2. The molecule has 1 heterocycles. The quantitative estimate of drug-likeness (QED) is 0.899. The smallest absolute Gasteiger partial charge is 0.149 e. The monoisotopic (exact) mass is 268 g/mol. The van der Waals surface area contributed by atoms with E-state index in [0.717, 1.165) is 19.4 Å². The SMILES string of the molecule is CC(C)NCc1cc(F)c(N2CCCC2C)c(F)c1. The minimum atomic E-state index is -0.450. The zero-order valence-electron chi connectivity index (χ0n) is 11.8. The molecule has 0 radical (unpaired) electrons. The Balaban J connectivity index is 2.22. The Labute approximate surface area is 113 Å². The lowest BCUT2D eigenvalue weighted by atomic mass is 10.1. The molecule has 1 aromatic rings. The highest BCUT2D eigenvalue weighted by Crippen LogP contribution is 2.31. The van der Waals surface area contributed by atoms with Gasteiger partial charge in [0.25, 0.3) is 0 Å². The summed E-state index contributed by atoms with van der Waals surface area (Å²) in [7, 11) is 0. The molecule has 0 amide bonds. The fraction of sp³-hybridized carbons (Fsp3) is 0.600. The van der Waals surface area contributed by atoms with Gasteiger partial charge in [-0.3, -0.25) is 0 Å². The second kappa shape index (κ2) is 5.87. The number of nitrogens with zero attached hydrogens (tertiary/aromatic N) is 1. The maximum atomic E-state index is 14.2. The summed E-state index contributed by atoms with van der Waals surface area (Å²) in [4.78, 5) is 1.84. The van der Waals surface area contributed by atoms with Crippen molar-refractivity contribution < 1.29 is 8.78 Å². The minimum Gasteiger partial charge on any atom is -0.364 e. The lowest BCUT2D eigenvalue weighted by molar-refractivity contribution is 0.552. The number of nitrogens with one attached hydrogen (secondary N) is 1. The summed E-state index contributed by atoms with van der Waals surface area (Å²) in [6, 6.07) is 3.39. The van der Waals surface area contributed by atoms with Crippen molar-refractivity contribution in [3.8, 4) is 0 Å². The molecular formula is C15H22F2N2. The normalized spacial score (nSPS) is 19.5. The van der Waals surface area contributed by atoms with Crippen molar-refractivity contribution in [3.63, 3.8) is 0 Å². The highest BCUT2D eigenvalue weighted by Gasteiger charge is 2.26. The third kappa shape index (κ3) is 3.24. The molecule has 0 aromatic heterocycles. The van der Waals surface area contributed by atoms with Crippen molar-refractivity contribution in [1.82, 2.24) is 5.32 Å². The van der Waals surface area contributed by atoms with Crippen molar-refractivity contribution >= 4 is 5.69 Å². The van der Waals surface area contributed by atoms with Crippen molar-refractivity contribution in [2.45, 2.75) is 52.2 Å². The van der Waals surface area contributed by atoms with Crippen molar-refractivity contribution in [2.75, 3.05) is 11.4 Å². The van der Waals surface area contributed by atoms with Crippen LogP contribution < -0.4 is 10.2 Å². The van der Waals surface area contributed by atoms with Gasteiger partial charge in [0.05, 0.1) is 0 Å². The summed E-state index contributed by atoms with van der Waals surface area (Å²) >= 11 is 0. The third-order valence-electron chi connectivity index (χ3n) is 3.63. The number of hydrogen-bond donors (Lipinski definition) is 1. The van der Waals surface area contributed by atoms with Crippen LogP contribution in [0.15, 0.2) is 12.1 Å². The van der Waals surface area contributed by atoms with E-state index >= 15 is 0 Å². The number of hydrogen-bond acceptors (Lipinski definition) is 2. The molecule has 0 bridgehead atoms. The van der Waals surface area contributed by atoms with E-state index in [1.807, 2.05) is 25.7 Å². The third-order valence-corrected chi connectivity index (χ3v) is 3.63. The largest absolute Gasteiger partial charge is 0.364 e. The van der Waals surface area contributed by atoms with Crippen LogP contribution in [0.4, 0.5) is 14.5 Å². The van der Waals surface area contributed by atoms with E-state index < -0.39 is 11.6 Å². The Morgan fingerprint density at radius 3 is 2.42 bits per heavy atom. The molecule has 1 aliphatic heterocycles. The maximum Gasteiger partial charge on any atom is 0.149 e. The van der Waals surface area contributed by atoms with Gasteiger partial charge in [0.15, 0.2) is 0 Å². The van der Waals surface area contributed by atoms with E-state index in [1.54, 1.807) is 0 Å².